The molecule has 0 aliphatic carbocycles. The summed E-state index contributed by atoms with van der Waals surface area (Å²) in [6, 6.07) is 5.41. The van der Waals surface area contributed by atoms with Crippen LogP contribution >= 0.6 is 11.3 Å². The molecule has 94 valence electrons. The van der Waals surface area contributed by atoms with Crippen LogP contribution in [-0.2, 0) is 6.54 Å². The minimum absolute atomic E-state index is 0.191. The first-order chi connectivity index (χ1) is 8.72. The van der Waals surface area contributed by atoms with Gasteiger partial charge in [-0.2, -0.15) is 0 Å². The van der Waals surface area contributed by atoms with Gasteiger partial charge in [0, 0.05) is 11.1 Å². The molecule has 2 heterocycles. The van der Waals surface area contributed by atoms with E-state index in [0.717, 1.165) is 4.88 Å². The van der Waals surface area contributed by atoms with E-state index in [9.17, 15) is 4.79 Å². The summed E-state index contributed by atoms with van der Waals surface area (Å²) in [6.07, 6.45) is 1.58. The maximum Gasteiger partial charge on any atom is 0.255 e. The lowest BCUT2D eigenvalue weighted by Crippen LogP contribution is -2.25. The molecule has 0 radical (unpaired) electrons. The predicted octanol–water partition coefficient (Wildman–Crippen LogP) is 1.67. The minimum Gasteiger partial charge on any atom is -0.347 e. The molecule has 0 spiro atoms. The van der Waals surface area contributed by atoms with Gasteiger partial charge < -0.3 is 10.7 Å². The van der Waals surface area contributed by atoms with E-state index >= 15 is 0 Å². The molecule has 18 heavy (non-hydrogen) atoms. The van der Waals surface area contributed by atoms with Gasteiger partial charge in [0.05, 0.1) is 12.1 Å². The third-order valence-electron chi connectivity index (χ3n) is 2.57. The molecule has 0 aromatic carbocycles. The van der Waals surface area contributed by atoms with E-state index in [1.165, 1.54) is 5.56 Å². The van der Waals surface area contributed by atoms with Gasteiger partial charge in [-0.3, -0.25) is 4.79 Å². The molecule has 0 aliphatic rings. The van der Waals surface area contributed by atoms with Gasteiger partial charge in [0.25, 0.3) is 5.91 Å². The number of amides is 1. The highest BCUT2D eigenvalue weighted by atomic mass is 32.1. The number of nitrogens with two attached hydrogens (primary N) is 1. The van der Waals surface area contributed by atoms with Crippen molar-refractivity contribution in [2.75, 3.05) is 5.43 Å². The Morgan fingerprint density at radius 2 is 2.33 bits per heavy atom. The smallest absolute Gasteiger partial charge is 0.255 e. The van der Waals surface area contributed by atoms with E-state index in [4.69, 9.17) is 5.84 Å². The van der Waals surface area contributed by atoms with Gasteiger partial charge in [-0.05, 0) is 36.1 Å². The number of pyridine rings is 1. The fourth-order valence-corrected chi connectivity index (χ4v) is 2.39. The SMILES string of the molecule is Cc1ccsc1CNC(=O)c1cccnc1NN. The lowest BCUT2D eigenvalue weighted by molar-refractivity contribution is 0.0952. The number of carbonyl (C=O) groups is 1. The zero-order chi connectivity index (χ0) is 13.0. The Balaban J connectivity index is 2.06. The first-order valence-electron chi connectivity index (χ1n) is 5.45. The van der Waals surface area contributed by atoms with Gasteiger partial charge in [0.1, 0.15) is 0 Å². The van der Waals surface area contributed by atoms with E-state index < -0.39 is 0 Å². The molecule has 2 aromatic heterocycles. The van der Waals surface area contributed by atoms with Crippen LogP contribution in [-0.4, -0.2) is 10.9 Å². The third-order valence-corrected chi connectivity index (χ3v) is 3.59. The summed E-state index contributed by atoms with van der Waals surface area (Å²) in [5.74, 6) is 5.50. The number of hydrazine groups is 1. The molecule has 1 amide bonds. The quantitative estimate of drug-likeness (QED) is 0.578. The summed E-state index contributed by atoms with van der Waals surface area (Å²) >= 11 is 1.63. The van der Waals surface area contributed by atoms with Gasteiger partial charge in [-0.15, -0.1) is 11.3 Å². The van der Waals surface area contributed by atoms with Crippen LogP contribution in [0.3, 0.4) is 0 Å². The predicted molar refractivity (Wildman–Crippen MR) is 72.3 cm³/mol. The molecular weight excluding hydrogens is 248 g/mol. The Bertz CT molecular complexity index is 553. The molecule has 2 rings (SSSR count). The zero-order valence-corrected chi connectivity index (χ0v) is 10.8. The molecule has 2 aromatic rings. The zero-order valence-electron chi connectivity index (χ0n) is 9.93. The number of thiophene rings is 1. The Hall–Kier alpha value is -1.92. The van der Waals surface area contributed by atoms with Crippen LogP contribution in [0.5, 0.6) is 0 Å². The molecule has 0 unspecified atom stereocenters. The molecule has 4 N–H and O–H groups in total. The van der Waals surface area contributed by atoms with Crippen molar-refractivity contribution in [1.29, 1.82) is 0 Å². The maximum atomic E-state index is 12.0. The van der Waals surface area contributed by atoms with Gasteiger partial charge in [-0.1, -0.05) is 0 Å². The van der Waals surface area contributed by atoms with Crippen LogP contribution in [0.1, 0.15) is 20.8 Å². The summed E-state index contributed by atoms with van der Waals surface area (Å²) in [7, 11) is 0. The maximum absolute atomic E-state index is 12.0. The number of aryl methyl sites for hydroxylation is 1. The van der Waals surface area contributed by atoms with E-state index in [2.05, 4.69) is 15.7 Å². The second-order valence-corrected chi connectivity index (χ2v) is 4.75. The van der Waals surface area contributed by atoms with Crippen LogP contribution in [0.4, 0.5) is 5.82 Å². The molecular formula is C12H14N4OS. The number of anilines is 1. The Labute approximate surface area is 109 Å². The summed E-state index contributed by atoms with van der Waals surface area (Å²) in [4.78, 5) is 17.1. The molecule has 6 heteroatoms. The van der Waals surface area contributed by atoms with E-state index in [-0.39, 0.29) is 5.91 Å². The molecule has 0 atom stereocenters. The highest BCUT2D eigenvalue weighted by Crippen LogP contribution is 2.15. The first-order valence-corrected chi connectivity index (χ1v) is 6.33. The topological polar surface area (TPSA) is 80.0 Å². The number of rotatable bonds is 4. The van der Waals surface area contributed by atoms with Crippen molar-refractivity contribution in [3.8, 4) is 0 Å². The van der Waals surface area contributed by atoms with Gasteiger partial charge in [0.15, 0.2) is 5.82 Å². The highest BCUT2D eigenvalue weighted by Gasteiger charge is 2.11. The van der Waals surface area contributed by atoms with E-state index in [1.54, 1.807) is 29.7 Å². The largest absolute Gasteiger partial charge is 0.347 e. The summed E-state index contributed by atoms with van der Waals surface area (Å²) in [5.41, 5.74) is 4.03. The van der Waals surface area contributed by atoms with Gasteiger partial charge in [0.2, 0.25) is 0 Å². The molecule has 0 fully saturated rings. The molecule has 0 saturated carbocycles. The fourth-order valence-electron chi connectivity index (χ4n) is 1.54. The average molecular weight is 262 g/mol. The van der Waals surface area contributed by atoms with Crippen LogP contribution in [0.25, 0.3) is 0 Å². The van der Waals surface area contributed by atoms with Crippen LogP contribution < -0.4 is 16.6 Å². The number of aromatic nitrogens is 1. The number of hydrogen-bond donors (Lipinski definition) is 3. The Morgan fingerprint density at radius 3 is 3.00 bits per heavy atom. The van der Waals surface area contributed by atoms with Crippen molar-refractivity contribution in [3.05, 3.63) is 45.8 Å². The van der Waals surface area contributed by atoms with Crippen molar-refractivity contribution in [2.45, 2.75) is 13.5 Å². The Kier molecular flexibility index (Phi) is 3.91. The monoisotopic (exact) mass is 262 g/mol. The minimum atomic E-state index is -0.191. The van der Waals surface area contributed by atoms with Crippen LogP contribution in [0.15, 0.2) is 29.8 Å². The molecule has 0 saturated heterocycles. The Morgan fingerprint density at radius 1 is 1.50 bits per heavy atom. The van der Waals surface area contributed by atoms with Crippen LogP contribution in [0, 0.1) is 6.92 Å². The first kappa shape index (κ1) is 12.5. The standard InChI is InChI=1S/C12H14N4OS/c1-8-4-6-18-10(8)7-15-12(17)9-3-2-5-14-11(9)16-13/h2-6H,7,13H2,1H3,(H,14,16)(H,15,17). The van der Waals surface area contributed by atoms with Crippen molar-refractivity contribution < 1.29 is 4.79 Å². The molecule has 5 nitrogen and oxygen atoms in total. The van der Waals surface area contributed by atoms with Crippen molar-refractivity contribution in [1.82, 2.24) is 10.3 Å². The van der Waals surface area contributed by atoms with E-state index in [1.807, 2.05) is 18.4 Å². The van der Waals surface area contributed by atoms with Gasteiger partial charge >= 0.3 is 0 Å². The fraction of sp³-hybridized carbons (Fsp3) is 0.167. The summed E-state index contributed by atoms with van der Waals surface area (Å²) in [6.45, 7) is 2.54. The van der Waals surface area contributed by atoms with Crippen molar-refractivity contribution >= 4 is 23.1 Å². The molecule has 0 bridgehead atoms. The second-order valence-electron chi connectivity index (χ2n) is 3.75. The number of nitrogens with one attached hydrogen (secondary N) is 2. The van der Waals surface area contributed by atoms with Crippen molar-refractivity contribution in [2.24, 2.45) is 5.84 Å². The summed E-state index contributed by atoms with van der Waals surface area (Å²) in [5, 5.41) is 4.86. The lowest BCUT2D eigenvalue weighted by Gasteiger charge is -2.08. The number of hydrogen-bond acceptors (Lipinski definition) is 5. The number of nitrogens with zero attached hydrogens (tertiary/aromatic N) is 1. The molecule has 0 aliphatic heterocycles. The second kappa shape index (κ2) is 5.61. The summed E-state index contributed by atoms with van der Waals surface area (Å²) < 4.78 is 0. The lowest BCUT2D eigenvalue weighted by atomic mass is 10.2. The average Bonchev–Trinajstić information content (AvgIpc) is 2.81. The number of nitrogen functional groups attached to an aromatic ring is 1. The van der Waals surface area contributed by atoms with Crippen LogP contribution in [0.2, 0.25) is 0 Å². The van der Waals surface area contributed by atoms with Gasteiger partial charge in [-0.25, -0.2) is 10.8 Å². The third kappa shape index (κ3) is 2.66. The van der Waals surface area contributed by atoms with Crippen molar-refractivity contribution in [3.63, 3.8) is 0 Å². The van der Waals surface area contributed by atoms with E-state index in [0.29, 0.717) is 17.9 Å². The highest BCUT2D eigenvalue weighted by molar-refractivity contribution is 7.10. The normalized spacial score (nSPS) is 10.1. The number of carbonyl (C=O) groups excluding carboxylic acids is 1.